The number of Topliss-reactive ketones (excluding diaryl/α,β-unsaturated/α-hetero) is 2. The van der Waals surface area contributed by atoms with E-state index < -0.39 is 80.6 Å². The van der Waals surface area contributed by atoms with E-state index in [1.165, 1.54) is 0 Å². The molecule has 12 heteroatoms. The van der Waals surface area contributed by atoms with Gasteiger partial charge in [-0.2, -0.15) is 0 Å². The van der Waals surface area contributed by atoms with Crippen molar-refractivity contribution >= 4 is 29.1 Å². The van der Waals surface area contributed by atoms with Crippen LogP contribution in [0.4, 0.5) is 10.1 Å². The molecular formula is C25H28FN3O8. The summed E-state index contributed by atoms with van der Waals surface area (Å²) in [6, 6.07) is 0.900. The van der Waals surface area contributed by atoms with Gasteiger partial charge in [0.25, 0.3) is 5.91 Å². The molecule has 1 aromatic carbocycles. The Hall–Kier alpha value is -3.77. The first-order valence-corrected chi connectivity index (χ1v) is 12.0. The SMILES string of the molecule is CCCCNCC(=O)Nc1cc(F)c2c(c1O)C(=O)C1=C(O)[C@]3(O)C(=O)C(C(N)=O)=C(O)C[C@@H]3CC1C2. The van der Waals surface area contributed by atoms with Gasteiger partial charge < -0.3 is 36.8 Å². The lowest BCUT2D eigenvalue weighted by molar-refractivity contribution is -0.144. The first-order chi connectivity index (χ1) is 17.4. The molecule has 0 aromatic heterocycles. The van der Waals surface area contributed by atoms with Crippen LogP contribution in [0.2, 0.25) is 0 Å². The van der Waals surface area contributed by atoms with Gasteiger partial charge in [-0.25, -0.2) is 4.39 Å². The second-order valence-corrected chi connectivity index (χ2v) is 9.60. The molecule has 2 amide bonds. The van der Waals surface area contributed by atoms with Crippen molar-refractivity contribution in [2.75, 3.05) is 18.4 Å². The Bertz CT molecular complexity index is 1290. The van der Waals surface area contributed by atoms with Gasteiger partial charge in [-0.15, -0.1) is 0 Å². The molecule has 0 spiro atoms. The van der Waals surface area contributed by atoms with Gasteiger partial charge >= 0.3 is 0 Å². The van der Waals surface area contributed by atoms with Crippen LogP contribution < -0.4 is 16.4 Å². The lowest BCUT2D eigenvalue weighted by atomic mass is 9.60. The number of rotatable bonds is 7. The van der Waals surface area contributed by atoms with Crippen molar-refractivity contribution in [1.82, 2.24) is 5.32 Å². The predicted octanol–water partition coefficient (Wildman–Crippen LogP) is 1.05. The van der Waals surface area contributed by atoms with Gasteiger partial charge in [0.15, 0.2) is 17.1 Å². The number of aromatic hydroxyl groups is 1. The number of nitrogens with one attached hydrogen (secondary N) is 2. The molecule has 0 fully saturated rings. The number of aliphatic hydroxyl groups is 3. The highest BCUT2D eigenvalue weighted by Gasteiger charge is 2.59. The number of carbonyl (C=O) groups excluding carboxylic acids is 4. The van der Waals surface area contributed by atoms with Crippen LogP contribution in [0, 0.1) is 17.7 Å². The number of phenols is 1. The molecule has 0 aliphatic heterocycles. The molecule has 4 rings (SSSR count). The second kappa shape index (κ2) is 9.60. The van der Waals surface area contributed by atoms with Gasteiger partial charge in [0.05, 0.1) is 17.8 Å². The van der Waals surface area contributed by atoms with E-state index in [0.717, 1.165) is 18.9 Å². The zero-order valence-electron chi connectivity index (χ0n) is 20.1. The topological polar surface area (TPSA) is 199 Å². The number of unbranched alkanes of at least 4 members (excludes halogenated alkanes) is 1. The van der Waals surface area contributed by atoms with Crippen LogP contribution in [0.15, 0.2) is 28.7 Å². The Labute approximate surface area is 210 Å². The summed E-state index contributed by atoms with van der Waals surface area (Å²) in [6.07, 6.45) is 1.11. The number of nitrogens with two attached hydrogens (primary N) is 1. The van der Waals surface area contributed by atoms with E-state index in [0.29, 0.717) is 6.54 Å². The highest BCUT2D eigenvalue weighted by atomic mass is 19.1. The minimum atomic E-state index is -2.71. The summed E-state index contributed by atoms with van der Waals surface area (Å²) < 4.78 is 15.1. The molecule has 0 bridgehead atoms. The van der Waals surface area contributed by atoms with Crippen molar-refractivity contribution in [3.63, 3.8) is 0 Å². The Morgan fingerprint density at radius 1 is 1.22 bits per heavy atom. The summed E-state index contributed by atoms with van der Waals surface area (Å²) in [7, 11) is 0. The number of hydrogen-bond donors (Lipinski definition) is 7. The third-order valence-corrected chi connectivity index (χ3v) is 7.27. The molecule has 3 atom stereocenters. The number of carbonyl (C=O) groups is 4. The third-order valence-electron chi connectivity index (χ3n) is 7.27. The monoisotopic (exact) mass is 517 g/mol. The van der Waals surface area contributed by atoms with Gasteiger partial charge in [0, 0.05) is 29.5 Å². The van der Waals surface area contributed by atoms with E-state index in [1.807, 2.05) is 6.92 Å². The van der Waals surface area contributed by atoms with Crippen molar-refractivity contribution in [3.05, 3.63) is 45.7 Å². The number of halogens is 1. The minimum absolute atomic E-state index is 0.106. The number of allylic oxidation sites excluding steroid dienone is 2. The molecule has 1 unspecified atom stereocenters. The number of ketones is 2. The average Bonchev–Trinajstić information content (AvgIpc) is 2.82. The molecular weight excluding hydrogens is 489 g/mol. The zero-order valence-corrected chi connectivity index (χ0v) is 20.1. The molecule has 1 aromatic rings. The lowest BCUT2D eigenvalue weighted by Gasteiger charge is -2.45. The Morgan fingerprint density at radius 3 is 2.57 bits per heavy atom. The van der Waals surface area contributed by atoms with Gasteiger partial charge in [-0.3, -0.25) is 19.2 Å². The smallest absolute Gasteiger partial charge is 0.255 e. The quantitative estimate of drug-likeness (QED) is 0.157. The summed E-state index contributed by atoms with van der Waals surface area (Å²) in [6.45, 7) is 2.45. The van der Waals surface area contributed by atoms with E-state index in [9.17, 15) is 39.6 Å². The second-order valence-electron chi connectivity index (χ2n) is 9.60. The number of benzene rings is 1. The summed E-state index contributed by atoms with van der Waals surface area (Å²) in [5.41, 5.74) is 0.166. The fourth-order valence-electron chi connectivity index (χ4n) is 5.44. The summed E-state index contributed by atoms with van der Waals surface area (Å²) >= 11 is 0. The first kappa shape index (κ1) is 26.3. The fraction of sp³-hybridized carbons (Fsp3) is 0.440. The maximum absolute atomic E-state index is 15.1. The maximum atomic E-state index is 15.1. The van der Waals surface area contributed by atoms with Gasteiger partial charge in [-0.05, 0) is 31.7 Å². The van der Waals surface area contributed by atoms with Crippen LogP contribution in [0.1, 0.15) is 48.5 Å². The van der Waals surface area contributed by atoms with Gasteiger partial charge in [-0.1, -0.05) is 13.3 Å². The normalized spacial score (nSPS) is 24.9. The highest BCUT2D eigenvalue weighted by Crippen LogP contribution is 2.52. The largest absolute Gasteiger partial charge is 0.511 e. The minimum Gasteiger partial charge on any atom is -0.511 e. The Morgan fingerprint density at radius 2 is 1.92 bits per heavy atom. The number of aliphatic hydroxyl groups excluding tert-OH is 2. The third kappa shape index (κ3) is 4.15. The van der Waals surface area contributed by atoms with Crippen LogP contribution in [-0.4, -0.2) is 62.5 Å². The molecule has 3 aliphatic rings. The number of amides is 2. The van der Waals surface area contributed by atoms with Gasteiger partial charge in [0.2, 0.25) is 11.7 Å². The van der Waals surface area contributed by atoms with Gasteiger partial charge in [0.1, 0.15) is 22.9 Å². The standard InChI is InChI=1S/C25H28FN3O8/c1-2-3-4-28-9-16(31)29-14-8-13(26)12-6-10-5-11-7-15(30)19(24(27)36)23(35)25(11,37)22(34)17(10)21(33)18(12)20(14)32/h8,10-11,28,30,32,34,37H,2-7,9H2,1H3,(H2,27,36)(H,29,31)/t10?,11-,25-/m0/s1. The van der Waals surface area contributed by atoms with E-state index in [1.54, 1.807) is 0 Å². The highest BCUT2D eigenvalue weighted by molar-refractivity contribution is 6.24. The molecule has 198 valence electrons. The van der Waals surface area contributed by atoms with Crippen LogP contribution in [-0.2, 0) is 20.8 Å². The van der Waals surface area contributed by atoms with Crippen molar-refractivity contribution in [2.45, 2.75) is 44.6 Å². The first-order valence-electron chi connectivity index (χ1n) is 12.0. The van der Waals surface area contributed by atoms with Crippen LogP contribution in [0.25, 0.3) is 0 Å². The molecule has 0 saturated heterocycles. The zero-order chi connectivity index (χ0) is 27.2. The van der Waals surface area contributed by atoms with Crippen molar-refractivity contribution < 1.29 is 44.0 Å². The van der Waals surface area contributed by atoms with Crippen molar-refractivity contribution in [2.24, 2.45) is 17.6 Å². The van der Waals surface area contributed by atoms with E-state index in [2.05, 4.69) is 10.6 Å². The van der Waals surface area contributed by atoms with Crippen molar-refractivity contribution in [3.8, 4) is 5.75 Å². The maximum Gasteiger partial charge on any atom is 0.255 e. The number of hydrogen-bond acceptors (Lipinski definition) is 9. The number of fused-ring (bicyclic) bond motifs is 3. The average molecular weight is 518 g/mol. The van der Waals surface area contributed by atoms with E-state index in [-0.39, 0.29) is 37.1 Å². The fourth-order valence-corrected chi connectivity index (χ4v) is 5.44. The summed E-state index contributed by atoms with van der Waals surface area (Å²) in [4.78, 5) is 50.4. The summed E-state index contributed by atoms with van der Waals surface area (Å²) in [5, 5.41) is 48.5. The molecule has 0 heterocycles. The van der Waals surface area contributed by atoms with E-state index >= 15 is 4.39 Å². The molecule has 37 heavy (non-hydrogen) atoms. The molecule has 3 aliphatic carbocycles. The molecule has 0 saturated carbocycles. The van der Waals surface area contributed by atoms with Crippen LogP contribution >= 0.6 is 0 Å². The Kier molecular flexibility index (Phi) is 6.82. The Balaban J connectivity index is 1.73. The lowest BCUT2D eigenvalue weighted by Crippen LogP contribution is -2.57. The van der Waals surface area contributed by atoms with E-state index in [4.69, 9.17) is 5.73 Å². The molecule has 11 nitrogen and oxygen atoms in total. The number of primary amides is 1. The van der Waals surface area contributed by atoms with Crippen LogP contribution in [0.3, 0.4) is 0 Å². The predicted molar refractivity (Wildman–Crippen MR) is 127 cm³/mol. The molecule has 8 N–H and O–H groups in total. The van der Waals surface area contributed by atoms with Crippen LogP contribution in [0.5, 0.6) is 5.75 Å². The number of anilines is 1. The summed E-state index contributed by atoms with van der Waals surface area (Å²) in [5.74, 6) is -9.48. The van der Waals surface area contributed by atoms with Crippen molar-refractivity contribution in [1.29, 1.82) is 0 Å². The molecule has 0 radical (unpaired) electrons. The number of phenolic OH excluding ortho intramolecular Hbond substituents is 1.